The molecule has 0 bridgehead atoms. The van der Waals surface area contributed by atoms with Crippen LogP contribution in [0.15, 0.2) is 0 Å². The number of rotatable bonds is 2. The zero-order valence-electron chi connectivity index (χ0n) is 5.18. The zero-order chi connectivity index (χ0) is 6.91. The second-order valence-electron chi connectivity index (χ2n) is 2.61. The molecule has 1 rings (SSSR count). The summed E-state index contributed by atoms with van der Waals surface area (Å²) >= 11 is 0. The first-order valence-corrected chi connectivity index (χ1v) is 2.95. The van der Waals surface area contributed by atoms with Crippen molar-refractivity contribution in [1.29, 1.82) is 0 Å². The monoisotopic (exact) mass is 129 g/mol. The molecule has 1 saturated carbocycles. The SMILES string of the molecule is NNC(=O)CC1(N)CC1. The summed E-state index contributed by atoms with van der Waals surface area (Å²) < 4.78 is 0. The standard InChI is InChI=1S/C5H11N3O/c6-5(1-2-5)3-4(9)8-7/h1-3,6-7H2,(H,8,9). The van der Waals surface area contributed by atoms with Crippen LogP contribution < -0.4 is 17.0 Å². The van der Waals surface area contributed by atoms with Gasteiger partial charge in [0.1, 0.15) is 0 Å². The fourth-order valence-electron chi connectivity index (χ4n) is 0.708. The number of nitrogens with one attached hydrogen (secondary N) is 1. The lowest BCUT2D eigenvalue weighted by atomic mass is 10.2. The lowest BCUT2D eigenvalue weighted by molar-refractivity contribution is -0.121. The van der Waals surface area contributed by atoms with Gasteiger partial charge >= 0.3 is 0 Å². The van der Waals surface area contributed by atoms with Crippen LogP contribution in [-0.2, 0) is 4.79 Å². The minimum absolute atomic E-state index is 0.171. The molecular formula is C5H11N3O. The number of carbonyl (C=O) groups excluding carboxylic acids is 1. The number of amides is 1. The van der Waals surface area contributed by atoms with Crippen molar-refractivity contribution >= 4 is 5.91 Å². The molecule has 0 unspecified atom stereocenters. The van der Waals surface area contributed by atoms with Gasteiger partial charge in [0.25, 0.3) is 0 Å². The Morgan fingerprint density at radius 3 is 2.56 bits per heavy atom. The smallest absolute Gasteiger partial charge is 0.235 e. The van der Waals surface area contributed by atoms with E-state index in [4.69, 9.17) is 11.6 Å². The average molecular weight is 129 g/mol. The second kappa shape index (κ2) is 1.97. The Morgan fingerprint density at radius 2 is 2.22 bits per heavy atom. The number of nitrogens with two attached hydrogens (primary N) is 2. The van der Waals surface area contributed by atoms with Gasteiger partial charge in [-0.3, -0.25) is 10.2 Å². The maximum absolute atomic E-state index is 10.6. The fourth-order valence-corrected chi connectivity index (χ4v) is 0.708. The molecule has 0 aromatic carbocycles. The highest BCUT2D eigenvalue weighted by Crippen LogP contribution is 2.35. The van der Waals surface area contributed by atoms with Crippen LogP contribution in [0.5, 0.6) is 0 Å². The van der Waals surface area contributed by atoms with E-state index in [1.165, 1.54) is 0 Å². The Bertz CT molecular complexity index is 130. The number of hydrazine groups is 1. The van der Waals surface area contributed by atoms with E-state index in [9.17, 15) is 4.79 Å². The van der Waals surface area contributed by atoms with Gasteiger partial charge in [0.15, 0.2) is 0 Å². The third-order valence-electron chi connectivity index (χ3n) is 1.57. The number of hydrogen-bond acceptors (Lipinski definition) is 3. The molecular weight excluding hydrogens is 118 g/mol. The van der Waals surface area contributed by atoms with Crippen molar-refractivity contribution in [2.45, 2.75) is 24.8 Å². The van der Waals surface area contributed by atoms with Crippen molar-refractivity contribution in [1.82, 2.24) is 5.43 Å². The molecule has 52 valence electrons. The Hall–Kier alpha value is -0.610. The summed E-state index contributed by atoms with van der Waals surface area (Å²) in [6.07, 6.45) is 2.25. The Kier molecular flexibility index (Phi) is 1.42. The third-order valence-corrected chi connectivity index (χ3v) is 1.57. The van der Waals surface area contributed by atoms with Crippen LogP contribution in [0.1, 0.15) is 19.3 Å². The Labute approximate surface area is 53.6 Å². The lowest BCUT2D eigenvalue weighted by Gasteiger charge is -2.04. The van der Waals surface area contributed by atoms with Crippen LogP contribution in [0.3, 0.4) is 0 Å². The number of hydrogen-bond donors (Lipinski definition) is 3. The molecule has 1 fully saturated rings. The predicted octanol–water partition coefficient (Wildman–Crippen LogP) is -1.14. The van der Waals surface area contributed by atoms with Crippen molar-refractivity contribution in [2.75, 3.05) is 0 Å². The van der Waals surface area contributed by atoms with Crippen LogP contribution in [-0.4, -0.2) is 11.4 Å². The van der Waals surface area contributed by atoms with E-state index >= 15 is 0 Å². The summed E-state index contributed by atoms with van der Waals surface area (Å²) in [5.74, 6) is 4.68. The molecule has 4 nitrogen and oxygen atoms in total. The molecule has 0 aromatic heterocycles. The highest BCUT2D eigenvalue weighted by atomic mass is 16.2. The summed E-state index contributed by atoms with van der Waals surface area (Å²) in [7, 11) is 0. The topological polar surface area (TPSA) is 81.1 Å². The van der Waals surface area contributed by atoms with E-state index in [0.29, 0.717) is 6.42 Å². The molecule has 0 spiro atoms. The largest absolute Gasteiger partial charge is 0.325 e. The maximum atomic E-state index is 10.6. The van der Waals surface area contributed by atoms with E-state index in [2.05, 4.69) is 0 Å². The first-order valence-electron chi connectivity index (χ1n) is 2.95. The van der Waals surface area contributed by atoms with Gasteiger partial charge in [-0.25, -0.2) is 5.84 Å². The summed E-state index contributed by atoms with van der Waals surface area (Å²) in [5.41, 5.74) is 7.43. The molecule has 0 aromatic rings. The van der Waals surface area contributed by atoms with Crippen molar-refractivity contribution in [3.05, 3.63) is 0 Å². The van der Waals surface area contributed by atoms with Crippen LogP contribution >= 0.6 is 0 Å². The first-order chi connectivity index (χ1) is 4.16. The molecule has 0 radical (unpaired) electrons. The van der Waals surface area contributed by atoms with Gasteiger partial charge in [-0.15, -0.1) is 0 Å². The van der Waals surface area contributed by atoms with Crippen molar-refractivity contribution in [2.24, 2.45) is 11.6 Å². The molecule has 0 aliphatic heterocycles. The van der Waals surface area contributed by atoms with Crippen molar-refractivity contribution in [3.8, 4) is 0 Å². The van der Waals surface area contributed by atoms with Crippen molar-refractivity contribution < 1.29 is 4.79 Å². The Morgan fingerprint density at radius 1 is 1.67 bits per heavy atom. The van der Waals surface area contributed by atoms with E-state index < -0.39 is 0 Å². The second-order valence-corrected chi connectivity index (χ2v) is 2.61. The van der Waals surface area contributed by atoms with Gasteiger partial charge in [-0.1, -0.05) is 0 Å². The van der Waals surface area contributed by atoms with Gasteiger partial charge in [0.05, 0.1) is 0 Å². The van der Waals surface area contributed by atoms with E-state index in [-0.39, 0.29) is 11.4 Å². The summed E-state index contributed by atoms with van der Waals surface area (Å²) in [5, 5.41) is 0. The first kappa shape index (κ1) is 6.51. The lowest BCUT2D eigenvalue weighted by Crippen LogP contribution is -2.36. The highest BCUT2D eigenvalue weighted by molar-refractivity contribution is 5.77. The average Bonchev–Trinajstić information content (AvgIpc) is 2.48. The summed E-state index contributed by atoms with van der Waals surface area (Å²) in [6, 6.07) is 0. The fraction of sp³-hybridized carbons (Fsp3) is 0.800. The molecule has 5 N–H and O–H groups in total. The van der Waals surface area contributed by atoms with Gasteiger partial charge in [0.2, 0.25) is 5.91 Å². The minimum atomic E-state index is -0.219. The van der Waals surface area contributed by atoms with E-state index in [1.54, 1.807) is 0 Å². The molecule has 4 heteroatoms. The van der Waals surface area contributed by atoms with Gasteiger partial charge in [-0.2, -0.15) is 0 Å². The van der Waals surface area contributed by atoms with Crippen LogP contribution in [0.25, 0.3) is 0 Å². The van der Waals surface area contributed by atoms with E-state index in [1.807, 2.05) is 5.43 Å². The molecule has 1 amide bonds. The quantitative estimate of drug-likeness (QED) is 0.250. The molecule has 0 saturated heterocycles. The van der Waals surface area contributed by atoms with Crippen LogP contribution in [0.4, 0.5) is 0 Å². The van der Waals surface area contributed by atoms with Crippen LogP contribution in [0.2, 0.25) is 0 Å². The molecule has 1 aliphatic carbocycles. The zero-order valence-corrected chi connectivity index (χ0v) is 5.18. The molecule has 9 heavy (non-hydrogen) atoms. The summed E-state index contributed by atoms with van der Waals surface area (Å²) in [6.45, 7) is 0. The molecule has 1 aliphatic rings. The van der Waals surface area contributed by atoms with Gasteiger partial charge in [-0.05, 0) is 12.8 Å². The van der Waals surface area contributed by atoms with E-state index in [0.717, 1.165) is 12.8 Å². The Balaban J connectivity index is 2.25. The predicted molar refractivity (Wildman–Crippen MR) is 33.1 cm³/mol. The van der Waals surface area contributed by atoms with Gasteiger partial charge < -0.3 is 5.73 Å². The van der Waals surface area contributed by atoms with Crippen LogP contribution in [0, 0.1) is 0 Å². The molecule has 0 atom stereocenters. The minimum Gasteiger partial charge on any atom is -0.325 e. The summed E-state index contributed by atoms with van der Waals surface area (Å²) in [4.78, 5) is 10.6. The third kappa shape index (κ3) is 1.65. The highest BCUT2D eigenvalue weighted by Gasteiger charge is 2.39. The maximum Gasteiger partial charge on any atom is 0.235 e. The normalized spacial score (nSPS) is 21.1. The number of carbonyl (C=O) groups is 1. The van der Waals surface area contributed by atoms with Gasteiger partial charge in [0, 0.05) is 12.0 Å². The molecule has 0 heterocycles. The van der Waals surface area contributed by atoms with Crippen molar-refractivity contribution in [3.63, 3.8) is 0 Å².